The van der Waals surface area contributed by atoms with Crippen molar-refractivity contribution < 1.29 is 19.4 Å². The summed E-state index contributed by atoms with van der Waals surface area (Å²) in [6.07, 6.45) is 4.31. The fourth-order valence-electron chi connectivity index (χ4n) is 5.35. The molecule has 0 aromatic heterocycles. The third kappa shape index (κ3) is 2.00. The van der Waals surface area contributed by atoms with Crippen molar-refractivity contribution in [1.29, 1.82) is 0 Å². The monoisotopic (exact) mass is 308 g/mol. The average molecular weight is 308 g/mol. The zero-order chi connectivity index (χ0) is 16.3. The van der Waals surface area contributed by atoms with E-state index < -0.39 is 6.10 Å². The Labute approximate surface area is 132 Å². The smallest absolute Gasteiger partial charge is 0.302 e. The Morgan fingerprint density at radius 2 is 2.18 bits per heavy atom. The van der Waals surface area contributed by atoms with Gasteiger partial charge in [-0.05, 0) is 26.7 Å². The fraction of sp³-hybridized carbons (Fsp3) is 0.833. The molecule has 1 saturated heterocycles. The lowest BCUT2D eigenvalue weighted by Crippen LogP contribution is -2.61. The van der Waals surface area contributed by atoms with Gasteiger partial charge in [-0.1, -0.05) is 25.5 Å². The number of hydrogen-bond acceptors (Lipinski definition) is 4. The summed E-state index contributed by atoms with van der Waals surface area (Å²) in [6, 6.07) is 0. The standard InChI is InChI=1S/C18H28O4/c1-10-6-7-17(4)14(8-10)22-13-9-15(21-12(3)20)18(17,5)16(13)11(2)19/h8,11,13-16,19H,6-7,9H2,1-5H3/t11-,13-,14-,15-,16?,17+,18+/m1/s1. The highest BCUT2D eigenvalue weighted by molar-refractivity contribution is 5.66. The van der Waals surface area contributed by atoms with Gasteiger partial charge in [0.2, 0.25) is 0 Å². The van der Waals surface area contributed by atoms with E-state index >= 15 is 0 Å². The van der Waals surface area contributed by atoms with Gasteiger partial charge >= 0.3 is 5.97 Å². The van der Waals surface area contributed by atoms with E-state index in [-0.39, 0.29) is 41.0 Å². The third-order valence-electron chi connectivity index (χ3n) is 6.69. The van der Waals surface area contributed by atoms with Crippen LogP contribution < -0.4 is 0 Å². The molecule has 1 aliphatic heterocycles. The topological polar surface area (TPSA) is 55.8 Å². The summed E-state index contributed by atoms with van der Waals surface area (Å²) in [5.41, 5.74) is 0.976. The molecular weight excluding hydrogens is 280 g/mol. The first-order chi connectivity index (χ1) is 10.2. The van der Waals surface area contributed by atoms with Crippen LogP contribution in [0.3, 0.4) is 0 Å². The van der Waals surface area contributed by atoms with Crippen molar-refractivity contribution in [3.8, 4) is 0 Å². The summed E-state index contributed by atoms with van der Waals surface area (Å²) >= 11 is 0. The number of ether oxygens (including phenoxy) is 2. The van der Waals surface area contributed by atoms with Crippen LogP contribution in [0.5, 0.6) is 0 Å². The number of hydrogen-bond donors (Lipinski definition) is 1. The molecule has 124 valence electrons. The molecule has 0 spiro atoms. The summed E-state index contributed by atoms with van der Waals surface area (Å²) < 4.78 is 12.1. The Morgan fingerprint density at radius 3 is 2.77 bits per heavy atom. The van der Waals surface area contributed by atoms with E-state index in [2.05, 4.69) is 26.8 Å². The molecule has 2 aliphatic carbocycles. The maximum atomic E-state index is 11.6. The van der Waals surface area contributed by atoms with Gasteiger partial charge in [-0.25, -0.2) is 0 Å². The molecule has 4 nitrogen and oxygen atoms in total. The van der Waals surface area contributed by atoms with E-state index in [4.69, 9.17) is 9.47 Å². The van der Waals surface area contributed by atoms with Crippen LogP contribution in [0, 0.1) is 16.7 Å². The largest absolute Gasteiger partial charge is 0.462 e. The summed E-state index contributed by atoms with van der Waals surface area (Å²) in [5, 5.41) is 10.4. The van der Waals surface area contributed by atoms with E-state index in [0.29, 0.717) is 6.42 Å². The van der Waals surface area contributed by atoms with Gasteiger partial charge in [-0.3, -0.25) is 4.79 Å². The summed E-state index contributed by atoms with van der Waals surface area (Å²) in [7, 11) is 0. The highest BCUT2D eigenvalue weighted by Crippen LogP contribution is 2.66. The molecule has 2 fully saturated rings. The third-order valence-corrected chi connectivity index (χ3v) is 6.69. The maximum Gasteiger partial charge on any atom is 0.302 e. The van der Waals surface area contributed by atoms with Gasteiger partial charge in [-0.2, -0.15) is 0 Å². The predicted octanol–water partition coefficient (Wildman–Crippen LogP) is 2.84. The first kappa shape index (κ1) is 16.0. The molecule has 2 bridgehead atoms. The SMILES string of the molecule is CC(=O)O[C@@H]1C[C@H]2O[C@@H]3C=C(C)CC[C@]3(C)[C@]1(C)C2[C@@H](C)O. The molecule has 7 atom stereocenters. The van der Waals surface area contributed by atoms with Crippen molar-refractivity contribution in [2.75, 3.05) is 0 Å². The highest BCUT2D eigenvalue weighted by atomic mass is 16.6. The first-order valence-corrected chi connectivity index (χ1v) is 8.38. The number of rotatable bonds is 2. The normalized spacial score (nSPS) is 48.4. The lowest BCUT2D eigenvalue weighted by atomic mass is 9.51. The second-order valence-electron chi connectivity index (χ2n) is 7.91. The molecular formula is C18H28O4. The Balaban J connectivity index is 2.08. The van der Waals surface area contributed by atoms with Crippen LogP contribution >= 0.6 is 0 Å². The van der Waals surface area contributed by atoms with E-state index in [0.717, 1.165) is 12.8 Å². The molecule has 0 aromatic carbocycles. The number of fused-ring (bicyclic) bond motifs is 4. The summed E-state index contributed by atoms with van der Waals surface area (Å²) in [4.78, 5) is 11.6. The van der Waals surface area contributed by atoms with Crippen LogP contribution in [0.2, 0.25) is 0 Å². The number of aliphatic hydroxyl groups excluding tert-OH is 1. The zero-order valence-corrected chi connectivity index (χ0v) is 14.3. The van der Waals surface area contributed by atoms with Crippen molar-refractivity contribution in [2.24, 2.45) is 16.7 Å². The van der Waals surface area contributed by atoms with Gasteiger partial charge in [0.25, 0.3) is 0 Å². The second kappa shape index (κ2) is 5.07. The van der Waals surface area contributed by atoms with Crippen LogP contribution in [0.1, 0.15) is 53.9 Å². The molecule has 0 radical (unpaired) electrons. The molecule has 0 aromatic rings. The minimum absolute atomic E-state index is 0.00454. The van der Waals surface area contributed by atoms with Gasteiger partial charge in [0.15, 0.2) is 0 Å². The van der Waals surface area contributed by atoms with E-state index in [1.54, 1.807) is 0 Å². The van der Waals surface area contributed by atoms with Crippen molar-refractivity contribution in [1.82, 2.24) is 0 Å². The number of allylic oxidation sites excluding steroid dienone is 1. The first-order valence-electron chi connectivity index (χ1n) is 8.38. The lowest BCUT2D eigenvalue weighted by Gasteiger charge is -2.58. The Bertz CT molecular complexity index is 511. The zero-order valence-electron chi connectivity index (χ0n) is 14.3. The minimum atomic E-state index is -0.472. The van der Waals surface area contributed by atoms with E-state index in [1.165, 1.54) is 12.5 Å². The maximum absolute atomic E-state index is 11.6. The number of carbonyl (C=O) groups is 1. The van der Waals surface area contributed by atoms with Gasteiger partial charge in [-0.15, -0.1) is 0 Å². The quantitative estimate of drug-likeness (QED) is 0.629. The Kier molecular flexibility index (Phi) is 3.69. The van der Waals surface area contributed by atoms with Gasteiger partial charge < -0.3 is 14.6 Å². The van der Waals surface area contributed by atoms with Crippen LogP contribution in [0.4, 0.5) is 0 Å². The molecule has 1 N–H and O–H groups in total. The summed E-state index contributed by atoms with van der Waals surface area (Å²) in [5.74, 6) is -0.240. The van der Waals surface area contributed by atoms with E-state index in [1.807, 2.05) is 6.92 Å². The molecule has 1 saturated carbocycles. The molecule has 1 unspecified atom stereocenters. The van der Waals surface area contributed by atoms with Gasteiger partial charge in [0.05, 0.1) is 18.3 Å². The number of esters is 1. The molecule has 22 heavy (non-hydrogen) atoms. The van der Waals surface area contributed by atoms with Crippen molar-refractivity contribution in [3.05, 3.63) is 11.6 Å². The van der Waals surface area contributed by atoms with E-state index in [9.17, 15) is 9.90 Å². The Morgan fingerprint density at radius 1 is 1.50 bits per heavy atom. The average Bonchev–Trinajstić information content (AvgIpc) is 2.63. The predicted molar refractivity (Wildman–Crippen MR) is 83.2 cm³/mol. The molecule has 0 amide bonds. The molecule has 1 heterocycles. The number of carbonyl (C=O) groups excluding carboxylic acids is 1. The molecule has 3 aliphatic rings. The lowest BCUT2D eigenvalue weighted by molar-refractivity contribution is -0.221. The molecule has 3 rings (SSSR count). The van der Waals surface area contributed by atoms with Crippen LogP contribution in [-0.2, 0) is 14.3 Å². The fourth-order valence-corrected chi connectivity index (χ4v) is 5.35. The Hall–Kier alpha value is -0.870. The minimum Gasteiger partial charge on any atom is -0.462 e. The number of aliphatic hydroxyl groups is 1. The van der Waals surface area contributed by atoms with Crippen molar-refractivity contribution in [3.63, 3.8) is 0 Å². The highest BCUT2D eigenvalue weighted by Gasteiger charge is 2.69. The van der Waals surface area contributed by atoms with Gasteiger partial charge in [0.1, 0.15) is 6.10 Å². The van der Waals surface area contributed by atoms with Crippen molar-refractivity contribution >= 4 is 5.97 Å². The second-order valence-corrected chi connectivity index (χ2v) is 7.91. The summed E-state index contributed by atoms with van der Waals surface area (Å²) in [6.45, 7) is 9.89. The van der Waals surface area contributed by atoms with Gasteiger partial charge in [0, 0.05) is 30.1 Å². The van der Waals surface area contributed by atoms with Crippen LogP contribution in [0.15, 0.2) is 11.6 Å². The van der Waals surface area contributed by atoms with Crippen molar-refractivity contribution in [2.45, 2.75) is 78.3 Å². The molecule has 4 heteroatoms. The van der Waals surface area contributed by atoms with Crippen LogP contribution in [0.25, 0.3) is 0 Å². The van der Waals surface area contributed by atoms with Crippen LogP contribution in [-0.4, -0.2) is 35.5 Å².